The summed E-state index contributed by atoms with van der Waals surface area (Å²) in [4.78, 5) is 65.9. The molecule has 4 aliphatic rings. The minimum Gasteiger partial charge on any atom is -0.497 e. The second-order valence-electron chi connectivity index (χ2n) is 15.2. The number of nitrogens with zero attached hydrogens (tertiary/aromatic N) is 3. The SMILES string of the molecule is COC(=O)NC1CCCCC/C=C\C2CC2(C(=O)NS(=O)(=O)C2CC2)NC(=O)C2CC(Oc3nc(-c4cccc(OC)c4)nc4c3oc3ccc(F)cc34)CN2C1=O. The molecule has 2 saturated carbocycles. The first-order chi connectivity index (χ1) is 27.9. The second-order valence-corrected chi connectivity index (χ2v) is 17.1. The van der Waals surface area contributed by atoms with Gasteiger partial charge in [-0.05, 0) is 68.9 Å². The molecule has 0 spiro atoms. The van der Waals surface area contributed by atoms with Crippen molar-refractivity contribution in [2.75, 3.05) is 20.8 Å². The number of allylic oxidation sites excluding steroid dienone is 1. The van der Waals surface area contributed by atoms with Crippen LogP contribution in [0.2, 0.25) is 0 Å². The van der Waals surface area contributed by atoms with E-state index in [0.717, 1.165) is 12.8 Å². The Bertz CT molecular complexity index is 2440. The molecule has 0 radical (unpaired) electrons. The smallest absolute Gasteiger partial charge is 0.407 e. The third kappa shape index (κ3) is 7.76. The Morgan fingerprint density at radius 3 is 2.66 bits per heavy atom. The van der Waals surface area contributed by atoms with Crippen molar-refractivity contribution in [1.29, 1.82) is 0 Å². The number of aromatic nitrogens is 2. The summed E-state index contributed by atoms with van der Waals surface area (Å²) in [5.41, 5.74) is -0.311. The number of amides is 4. The minimum absolute atomic E-state index is 0.0298. The van der Waals surface area contributed by atoms with Crippen LogP contribution in [-0.4, -0.2) is 96.8 Å². The van der Waals surface area contributed by atoms with Crippen LogP contribution in [0, 0.1) is 11.7 Å². The number of fused-ring (bicyclic) bond motifs is 5. The highest BCUT2D eigenvalue weighted by atomic mass is 32.2. The fourth-order valence-corrected chi connectivity index (χ4v) is 9.13. The largest absolute Gasteiger partial charge is 0.497 e. The molecule has 2 aromatic heterocycles. The van der Waals surface area contributed by atoms with Crippen molar-refractivity contribution in [3.63, 3.8) is 0 Å². The van der Waals surface area contributed by atoms with Crippen molar-refractivity contribution in [3.8, 4) is 23.0 Å². The zero-order chi connectivity index (χ0) is 40.8. The van der Waals surface area contributed by atoms with Crippen LogP contribution in [0.25, 0.3) is 33.5 Å². The van der Waals surface area contributed by atoms with Crippen molar-refractivity contribution in [3.05, 3.63) is 60.4 Å². The first-order valence-corrected chi connectivity index (χ1v) is 20.8. The van der Waals surface area contributed by atoms with E-state index in [1.54, 1.807) is 24.3 Å². The van der Waals surface area contributed by atoms with E-state index in [9.17, 15) is 32.0 Å². The van der Waals surface area contributed by atoms with Crippen LogP contribution in [0.4, 0.5) is 9.18 Å². The van der Waals surface area contributed by atoms with E-state index in [1.807, 2.05) is 12.2 Å². The standard InChI is InChI=1S/C40H43FN6O10S/c1-54-25-11-8-9-22(17-25)34-43-32-28-18-24(41)13-16-31(28)57-33(32)36(44-34)56-26-19-30-35(48)45-40(38(50)46-58(52,53)27-14-15-27)20-23(40)10-6-4-3-5-7-12-29(42-39(51)55-2)37(49)47(30)21-26/h6,8-11,13,16-18,23,26-27,29-30H,3-5,7,12,14-15,19-21H2,1-2H3,(H,42,51)(H,45,48)(H,46,50)/b10-6-. The fourth-order valence-electron chi connectivity index (χ4n) is 7.77. The Balaban J connectivity index is 1.16. The highest BCUT2D eigenvalue weighted by molar-refractivity contribution is 7.91. The lowest BCUT2D eigenvalue weighted by Gasteiger charge is -2.29. The molecule has 2 aliphatic heterocycles. The van der Waals surface area contributed by atoms with Gasteiger partial charge in [-0.1, -0.05) is 37.1 Å². The summed E-state index contributed by atoms with van der Waals surface area (Å²) in [6.45, 7) is -0.149. The monoisotopic (exact) mass is 818 g/mol. The van der Waals surface area contributed by atoms with Crippen LogP contribution in [0.1, 0.15) is 57.8 Å². The van der Waals surface area contributed by atoms with Gasteiger partial charge >= 0.3 is 6.09 Å². The maximum Gasteiger partial charge on any atom is 0.407 e. The fraction of sp³-hybridized carbons (Fsp3) is 0.450. The van der Waals surface area contributed by atoms with Gasteiger partial charge in [-0.15, -0.1) is 0 Å². The molecule has 4 amide bonds. The zero-order valence-corrected chi connectivity index (χ0v) is 32.7. The van der Waals surface area contributed by atoms with Crippen molar-refractivity contribution in [2.24, 2.45) is 5.92 Å². The van der Waals surface area contributed by atoms with Gasteiger partial charge in [-0.2, -0.15) is 4.98 Å². The molecule has 3 N–H and O–H groups in total. The number of carbonyl (C=O) groups is 4. The number of hydrogen-bond acceptors (Lipinski definition) is 12. The number of ether oxygens (including phenoxy) is 3. The summed E-state index contributed by atoms with van der Waals surface area (Å²) in [5.74, 6) is -2.39. The van der Waals surface area contributed by atoms with Gasteiger partial charge in [0.05, 0.1) is 26.0 Å². The quantitative estimate of drug-likeness (QED) is 0.213. The van der Waals surface area contributed by atoms with Crippen LogP contribution < -0.4 is 24.8 Å². The number of furan rings is 1. The summed E-state index contributed by atoms with van der Waals surface area (Å²) < 4.78 is 65.4. The average molecular weight is 819 g/mol. The first kappa shape index (κ1) is 39.1. The number of halogens is 1. The molecule has 306 valence electrons. The lowest BCUT2D eigenvalue weighted by atomic mass is 10.1. The van der Waals surface area contributed by atoms with Gasteiger partial charge in [0.1, 0.15) is 46.4 Å². The summed E-state index contributed by atoms with van der Waals surface area (Å²) in [5, 5.41) is 5.16. The van der Waals surface area contributed by atoms with E-state index in [0.29, 0.717) is 48.0 Å². The third-order valence-corrected chi connectivity index (χ3v) is 13.0. The molecule has 4 heterocycles. The van der Waals surface area contributed by atoms with E-state index in [1.165, 1.54) is 37.3 Å². The number of alkyl carbamates (subject to hydrolysis) is 1. The van der Waals surface area contributed by atoms with Crippen molar-refractivity contribution in [1.82, 2.24) is 30.2 Å². The summed E-state index contributed by atoms with van der Waals surface area (Å²) in [7, 11) is -1.23. The molecule has 2 aliphatic carbocycles. The molecule has 3 fully saturated rings. The minimum atomic E-state index is -3.94. The number of carbonyl (C=O) groups excluding carboxylic acids is 4. The Morgan fingerprint density at radius 2 is 1.88 bits per heavy atom. The number of sulfonamides is 1. The number of methoxy groups -OCH3 is 2. The maximum absolute atomic E-state index is 14.5. The zero-order valence-electron chi connectivity index (χ0n) is 31.9. The van der Waals surface area contributed by atoms with Crippen LogP contribution >= 0.6 is 0 Å². The Hall–Kier alpha value is -5.78. The number of benzene rings is 2. The van der Waals surface area contributed by atoms with Crippen LogP contribution in [-0.2, 0) is 29.1 Å². The van der Waals surface area contributed by atoms with Gasteiger partial charge in [-0.3, -0.25) is 19.1 Å². The van der Waals surface area contributed by atoms with Crippen LogP contribution in [0.15, 0.2) is 59.0 Å². The molecule has 0 bridgehead atoms. The van der Waals surface area contributed by atoms with E-state index >= 15 is 0 Å². The predicted octanol–water partition coefficient (Wildman–Crippen LogP) is 4.27. The van der Waals surface area contributed by atoms with Gasteiger partial charge in [0, 0.05) is 23.3 Å². The van der Waals surface area contributed by atoms with Gasteiger partial charge in [0.2, 0.25) is 27.4 Å². The maximum atomic E-state index is 14.5. The molecule has 5 unspecified atom stereocenters. The normalized spacial score (nSPS) is 25.7. The number of nitrogens with one attached hydrogen (secondary N) is 3. The molecule has 18 heteroatoms. The van der Waals surface area contributed by atoms with Gasteiger partial charge in [0.25, 0.3) is 11.8 Å². The molecule has 4 aromatic rings. The van der Waals surface area contributed by atoms with Gasteiger partial charge in [0.15, 0.2) is 5.82 Å². The molecule has 2 aromatic carbocycles. The second kappa shape index (κ2) is 15.5. The molecule has 8 rings (SSSR count). The number of hydrogen-bond donors (Lipinski definition) is 3. The Kier molecular flexibility index (Phi) is 10.5. The van der Waals surface area contributed by atoms with Crippen molar-refractivity contribution >= 4 is 55.9 Å². The Labute approximate surface area is 332 Å². The lowest BCUT2D eigenvalue weighted by Crippen LogP contribution is -2.58. The van der Waals surface area contributed by atoms with E-state index in [-0.39, 0.29) is 48.6 Å². The molecular weight excluding hydrogens is 776 g/mol. The first-order valence-electron chi connectivity index (χ1n) is 19.3. The number of rotatable bonds is 8. The topological polar surface area (TPSA) is 208 Å². The van der Waals surface area contributed by atoms with E-state index in [4.69, 9.17) is 28.6 Å². The summed E-state index contributed by atoms with van der Waals surface area (Å²) in [6.07, 6.45) is 5.95. The molecule has 58 heavy (non-hydrogen) atoms. The molecular formula is C40H43FN6O10S. The molecule has 5 atom stereocenters. The Morgan fingerprint density at radius 1 is 1.05 bits per heavy atom. The molecule has 1 saturated heterocycles. The average Bonchev–Trinajstić information content (AvgIpc) is 4.11. The van der Waals surface area contributed by atoms with Crippen LogP contribution in [0.3, 0.4) is 0 Å². The highest BCUT2D eigenvalue weighted by Gasteiger charge is 2.62. The van der Waals surface area contributed by atoms with Gasteiger partial charge in [-0.25, -0.2) is 22.6 Å². The summed E-state index contributed by atoms with van der Waals surface area (Å²) >= 11 is 0. The van der Waals surface area contributed by atoms with E-state index in [2.05, 4.69) is 15.4 Å². The van der Waals surface area contributed by atoms with E-state index < -0.39 is 74.5 Å². The highest BCUT2D eigenvalue weighted by Crippen LogP contribution is 2.46. The molecule has 16 nitrogen and oxygen atoms in total. The van der Waals surface area contributed by atoms with Crippen molar-refractivity contribution < 1.29 is 50.6 Å². The third-order valence-electron chi connectivity index (χ3n) is 11.2. The lowest BCUT2D eigenvalue weighted by molar-refractivity contribution is -0.141. The predicted molar refractivity (Wildman–Crippen MR) is 206 cm³/mol. The summed E-state index contributed by atoms with van der Waals surface area (Å²) in [6, 6.07) is 8.73. The van der Waals surface area contributed by atoms with Crippen molar-refractivity contribution in [2.45, 2.75) is 86.8 Å². The van der Waals surface area contributed by atoms with Gasteiger partial charge < -0.3 is 34.2 Å². The van der Waals surface area contributed by atoms with Crippen LogP contribution in [0.5, 0.6) is 11.6 Å².